The molecular weight excluding hydrogens is 358 g/mol. The van der Waals surface area contributed by atoms with Crippen molar-refractivity contribution in [3.05, 3.63) is 69.3 Å². The first-order chi connectivity index (χ1) is 13.6. The summed E-state index contributed by atoms with van der Waals surface area (Å²) in [6.07, 6.45) is 2.89. The van der Waals surface area contributed by atoms with Crippen LogP contribution in [0.3, 0.4) is 0 Å². The molecule has 1 fully saturated rings. The molecule has 28 heavy (non-hydrogen) atoms. The highest BCUT2D eigenvalue weighted by molar-refractivity contribution is 6.00. The molecule has 1 atom stereocenters. The van der Waals surface area contributed by atoms with E-state index < -0.39 is 4.92 Å². The van der Waals surface area contributed by atoms with E-state index in [4.69, 9.17) is 4.74 Å². The summed E-state index contributed by atoms with van der Waals surface area (Å²) in [5.41, 5.74) is 3.38. The highest BCUT2D eigenvalue weighted by atomic mass is 16.6. The first-order valence-electron chi connectivity index (χ1n) is 9.63. The summed E-state index contributed by atoms with van der Waals surface area (Å²) in [6, 6.07) is 12.6. The number of non-ortho nitro benzene ring substituents is 1. The van der Waals surface area contributed by atoms with Crippen molar-refractivity contribution in [3.8, 4) is 0 Å². The zero-order valence-electron chi connectivity index (χ0n) is 15.6. The van der Waals surface area contributed by atoms with Gasteiger partial charge in [-0.15, -0.1) is 0 Å². The number of ether oxygens (including phenoxy) is 1. The number of hydrogen-bond donors (Lipinski definition) is 1. The minimum Gasteiger partial charge on any atom is -0.378 e. The van der Waals surface area contributed by atoms with Crippen molar-refractivity contribution < 1.29 is 14.5 Å². The molecule has 2 aliphatic rings. The smallest absolute Gasteiger partial charge is 0.270 e. The van der Waals surface area contributed by atoms with Gasteiger partial charge >= 0.3 is 0 Å². The van der Waals surface area contributed by atoms with E-state index in [1.165, 1.54) is 17.7 Å². The van der Waals surface area contributed by atoms with Gasteiger partial charge in [-0.05, 0) is 36.5 Å². The number of nitro groups is 1. The fourth-order valence-corrected chi connectivity index (χ4v) is 4.04. The molecule has 2 aromatic rings. The molecule has 0 saturated carbocycles. The van der Waals surface area contributed by atoms with E-state index in [-0.39, 0.29) is 17.6 Å². The van der Waals surface area contributed by atoms with Gasteiger partial charge in [0.1, 0.15) is 0 Å². The van der Waals surface area contributed by atoms with Crippen LogP contribution in [0.25, 0.3) is 0 Å². The Kier molecular flexibility index (Phi) is 5.25. The van der Waals surface area contributed by atoms with E-state index in [2.05, 4.69) is 22.3 Å². The molecule has 1 amide bonds. The van der Waals surface area contributed by atoms with Crippen molar-refractivity contribution in [2.24, 2.45) is 0 Å². The number of nitro benzene ring substituents is 1. The van der Waals surface area contributed by atoms with Crippen LogP contribution in [0.4, 0.5) is 11.4 Å². The zero-order chi connectivity index (χ0) is 19.5. The second-order valence-corrected chi connectivity index (χ2v) is 7.18. The summed E-state index contributed by atoms with van der Waals surface area (Å²) < 4.78 is 5.39. The van der Waals surface area contributed by atoms with Crippen molar-refractivity contribution in [2.45, 2.75) is 25.3 Å². The van der Waals surface area contributed by atoms with Crippen LogP contribution in [0.15, 0.2) is 42.5 Å². The number of morpholine rings is 1. The normalized spacial score (nSPS) is 19.0. The van der Waals surface area contributed by atoms with Gasteiger partial charge in [0.25, 0.3) is 11.6 Å². The molecule has 1 unspecified atom stereocenters. The molecule has 1 N–H and O–H groups in total. The monoisotopic (exact) mass is 381 g/mol. The third kappa shape index (κ3) is 3.71. The maximum absolute atomic E-state index is 13.2. The summed E-state index contributed by atoms with van der Waals surface area (Å²) in [5, 5.41) is 14.4. The van der Waals surface area contributed by atoms with Gasteiger partial charge in [-0.1, -0.05) is 24.3 Å². The number of carbonyl (C=O) groups excluding carboxylic acids is 1. The van der Waals surface area contributed by atoms with Crippen molar-refractivity contribution in [1.82, 2.24) is 5.32 Å². The van der Waals surface area contributed by atoms with Gasteiger partial charge in [-0.3, -0.25) is 14.9 Å². The number of benzene rings is 2. The number of hydrogen-bond acceptors (Lipinski definition) is 5. The molecule has 1 saturated heterocycles. The molecule has 2 aromatic carbocycles. The predicted octanol–water partition coefficient (Wildman–Crippen LogP) is 3.24. The SMILES string of the molecule is O=C(NC1CCCc2ccccc21)c1cc([N+](=O)[O-])ccc1N1CCOCC1. The van der Waals surface area contributed by atoms with Crippen molar-refractivity contribution >= 4 is 17.3 Å². The van der Waals surface area contributed by atoms with Gasteiger partial charge in [-0.25, -0.2) is 0 Å². The van der Waals surface area contributed by atoms with E-state index in [1.54, 1.807) is 6.07 Å². The zero-order valence-corrected chi connectivity index (χ0v) is 15.6. The molecule has 1 aliphatic heterocycles. The Bertz CT molecular complexity index is 893. The predicted molar refractivity (Wildman–Crippen MR) is 106 cm³/mol. The van der Waals surface area contributed by atoms with E-state index >= 15 is 0 Å². The molecule has 0 radical (unpaired) electrons. The highest BCUT2D eigenvalue weighted by Gasteiger charge is 2.26. The average molecular weight is 381 g/mol. The van der Waals surface area contributed by atoms with E-state index in [1.807, 2.05) is 12.1 Å². The van der Waals surface area contributed by atoms with Crippen LogP contribution in [0.1, 0.15) is 40.4 Å². The molecule has 0 aromatic heterocycles. The van der Waals surface area contributed by atoms with Crippen LogP contribution in [-0.2, 0) is 11.2 Å². The van der Waals surface area contributed by atoms with Gasteiger partial charge in [0.2, 0.25) is 0 Å². The van der Waals surface area contributed by atoms with Gasteiger partial charge in [0.15, 0.2) is 0 Å². The molecule has 146 valence electrons. The Labute approximate surface area is 163 Å². The maximum atomic E-state index is 13.2. The topological polar surface area (TPSA) is 84.7 Å². The van der Waals surface area contributed by atoms with Crippen molar-refractivity contribution in [2.75, 3.05) is 31.2 Å². The number of amides is 1. The second kappa shape index (κ2) is 7.98. The number of fused-ring (bicyclic) bond motifs is 1. The standard InChI is InChI=1S/C21H23N3O4/c25-21(22-19-7-3-5-15-4-1-2-6-17(15)19)18-14-16(24(26)27)8-9-20(18)23-10-12-28-13-11-23/h1-2,4,6,8-9,14,19H,3,5,7,10-13H2,(H,22,25). The molecule has 0 spiro atoms. The number of rotatable bonds is 4. The fraction of sp³-hybridized carbons (Fsp3) is 0.381. The van der Waals surface area contributed by atoms with Crippen LogP contribution in [-0.4, -0.2) is 37.1 Å². The third-order valence-electron chi connectivity index (χ3n) is 5.46. The number of anilines is 1. The van der Waals surface area contributed by atoms with Gasteiger partial charge in [0.05, 0.1) is 35.4 Å². The summed E-state index contributed by atoms with van der Waals surface area (Å²) in [7, 11) is 0. The Morgan fingerprint density at radius 2 is 1.96 bits per heavy atom. The van der Waals surface area contributed by atoms with E-state index in [0.717, 1.165) is 30.5 Å². The van der Waals surface area contributed by atoms with E-state index in [0.29, 0.717) is 31.9 Å². The maximum Gasteiger partial charge on any atom is 0.270 e. The minimum atomic E-state index is -0.463. The summed E-state index contributed by atoms with van der Waals surface area (Å²) >= 11 is 0. The summed E-state index contributed by atoms with van der Waals surface area (Å²) in [5.74, 6) is -0.271. The first kappa shape index (κ1) is 18.4. The molecule has 7 heteroatoms. The van der Waals surface area contributed by atoms with Crippen molar-refractivity contribution in [1.29, 1.82) is 0 Å². The lowest BCUT2D eigenvalue weighted by Gasteiger charge is -2.31. The minimum absolute atomic E-state index is 0.0748. The van der Waals surface area contributed by atoms with Gasteiger partial charge in [0, 0.05) is 25.2 Å². The van der Waals surface area contributed by atoms with Crippen LogP contribution < -0.4 is 10.2 Å². The number of carbonyl (C=O) groups is 1. The van der Waals surface area contributed by atoms with Crippen molar-refractivity contribution in [3.63, 3.8) is 0 Å². The highest BCUT2D eigenvalue weighted by Crippen LogP contribution is 2.31. The molecular formula is C21H23N3O4. The van der Waals surface area contributed by atoms with Crippen LogP contribution in [0, 0.1) is 10.1 Å². The molecule has 0 bridgehead atoms. The Hall–Kier alpha value is -2.93. The number of aryl methyl sites for hydroxylation is 1. The largest absolute Gasteiger partial charge is 0.378 e. The lowest BCUT2D eigenvalue weighted by atomic mass is 9.87. The average Bonchev–Trinajstić information content (AvgIpc) is 2.74. The summed E-state index contributed by atoms with van der Waals surface area (Å²) in [6.45, 7) is 2.47. The van der Waals surface area contributed by atoms with Gasteiger partial charge in [-0.2, -0.15) is 0 Å². The first-order valence-corrected chi connectivity index (χ1v) is 9.63. The fourth-order valence-electron chi connectivity index (χ4n) is 4.04. The molecule has 7 nitrogen and oxygen atoms in total. The Balaban J connectivity index is 1.64. The lowest BCUT2D eigenvalue weighted by Crippen LogP contribution is -2.38. The third-order valence-corrected chi connectivity index (χ3v) is 5.46. The lowest BCUT2D eigenvalue weighted by molar-refractivity contribution is -0.384. The molecule has 4 rings (SSSR count). The Morgan fingerprint density at radius 3 is 2.75 bits per heavy atom. The van der Waals surface area contributed by atoms with Crippen LogP contribution in [0.5, 0.6) is 0 Å². The van der Waals surface area contributed by atoms with Gasteiger partial charge < -0.3 is 15.0 Å². The molecule has 1 heterocycles. The van der Waals surface area contributed by atoms with Crippen LogP contribution >= 0.6 is 0 Å². The molecule has 1 aliphatic carbocycles. The Morgan fingerprint density at radius 1 is 1.18 bits per heavy atom. The quantitative estimate of drug-likeness (QED) is 0.649. The summed E-state index contributed by atoms with van der Waals surface area (Å²) in [4.78, 5) is 26.0. The number of nitrogens with one attached hydrogen (secondary N) is 1. The van der Waals surface area contributed by atoms with E-state index in [9.17, 15) is 14.9 Å². The number of nitrogens with zero attached hydrogens (tertiary/aromatic N) is 2. The second-order valence-electron chi connectivity index (χ2n) is 7.18. The van der Waals surface area contributed by atoms with Crippen LogP contribution in [0.2, 0.25) is 0 Å².